The molecule has 0 bridgehead atoms. The maximum absolute atomic E-state index is 11.3. The molecule has 0 saturated heterocycles. The normalized spacial score (nSPS) is 11.1. The van der Waals surface area contributed by atoms with Crippen molar-refractivity contribution in [3.8, 4) is 0 Å². The minimum atomic E-state index is -1.21. The number of hydrogen-bond acceptors (Lipinski definition) is 6. The van der Waals surface area contributed by atoms with Gasteiger partial charge in [0.2, 0.25) is 0 Å². The van der Waals surface area contributed by atoms with E-state index in [4.69, 9.17) is 9.47 Å². The molecule has 0 fully saturated rings. The molecular formula is C11H20O6. The Morgan fingerprint density at radius 2 is 1.29 bits per heavy atom. The van der Waals surface area contributed by atoms with E-state index in [9.17, 15) is 19.8 Å². The van der Waals surface area contributed by atoms with Crippen molar-refractivity contribution >= 4 is 11.9 Å². The topological polar surface area (TPSA) is 93.1 Å². The molecule has 0 unspecified atom stereocenters. The van der Waals surface area contributed by atoms with Crippen LogP contribution < -0.4 is 0 Å². The fourth-order valence-corrected chi connectivity index (χ4v) is 1.37. The van der Waals surface area contributed by atoms with E-state index >= 15 is 0 Å². The third kappa shape index (κ3) is 5.65. The van der Waals surface area contributed by atoms with E-state index < -0.39 is 30.6 Å². The summed E-state index contributed by atoms with van der Waals surface area (Å²) in [5, 5.41) is 18.5. The van der Waals surface area contributed by atoms with Crippen molar-refractivity contribution in [3.63, 3.8) is 0 Å². The minimum absolute atomic E-state index is 0.213. The van der Waals surface area contributed by atoms with Crippen LogP contribution in [0.15, 0.2) is 0 Å². The summed E-state index contributed by atoms with van der Waals surface area (Å²) in [4.78, 5) is 22.6. The van der Waals surface area contributed by atoms with Gasteiger partial charge in [-0.3, -0.25) is 9.59 Å². The Morgan fingerprint density at radius 3 is 1.53 bits per heavy atom. The van der Waals surface area contributed by atoms with Crippen molar-refractivity contribution in [2.45, 2.75) is 26.7 Å². The van der Waals surface area contributed by atoms with E-state index in [1.807, 2.05) is 0 Å². The Labute approximate surface area is 101 Å². The first kappa shape index (κ1) is 15.9. The Kier molecular flexibility index (Phi) is 7.49. The van der Waals surface area contributed by atoms with Crippen molar-refractivity contribution in [2.24, 2.45) is 5.41 Å². The third-order valence-corrected chi connectivity index (χ3v) is 2.32. The molecule has 0 spiro atoms. The number of ether oxygens (including phenoxy) is 2. The summed E-state index contributed by atoms with van der Waals surface area (Å²) in [5.74, 6) is -1.11. The Balaban J connectivity index is 4.54. The first-order valence-electron chi connectivity index (χ1n) is 5.56. The molecule has 17 heavy (non-hydrogen) atoms. The number of rotatable bonds is 8. The molecule has 0 aliphatic carbocycles. The van der Waals surface area contributed by atoms with Gasteiger partial charge in [-0.25, -0.2) is 0 Å². The van der Waals surface area contributed by atoms with E-state index in [0.29, 0.717) is 0 Å². The zero-order valence-corrected chi connectivity index (χ0v) is 10.3. The smallest absolute Gasteiger partial charge is 0.306 e. The zero-order chi connectivity index (χ0) is 13.3. The largest absolute Gasteiger partial charge is 0.466 e. The van der Waals surface area contributed by atoms with Gasteiger partial charge < -0.3 is 19.7 Å². The van der Waals surface area contributed by atoms with Crippen LogP contribution in [0.4, 0.5) is 0 Å². The fraction of sp³-hybridized carbons (Fsp3) is 0.818. The zero-order valence-electron chi connectivity index (χ0n) is 10.3. The van der Waals surface area contributed by atoms with Gasteiger partial charge in [-0.1, -0.05) is 0 Å². The standard InChI is InChI=1S/C11H20O6/c1-3-16-9(14)5-11(7-12,8-13)6-10(15)17-4-2/h12-13H,3-8H2,1-2H3. The van der Waals surface area contributed by atoms with Crippen LogP contribution in [-0.2, 0) is 19.1 Å². The van der Waals surface area contributed by atoms with Crippen LogP contribution in [0.1, 0.15) is 26.7 Å². The first-order valence-corrected chi connectivity index (χ1v) is 5.56. The van der Waals surface area contributed by atoms with Crippen LogP contribution in [0.2, 0.25) is 0 Å². The molecule has 0 atom stereocenters. The summed E-state index contributed by atoms with van der Waals surface area (Å²) < 4.78 is 9.46. The highest BCUT2D eigenvalue weighted by atomic mass is 16.5. The summed E-state index contributed by atoms with van der Waals surface area (Å²) in [6.45, 7) is 2.77. The molecule has 0 aromatic rings. The van der Waals surface area contributed by atoms with E-state index in [0.717, 1.165) is 0 Å². The lowest BCUT2D eigenvalue weighted by Gasteiger charge is -2.27. The molecule has 100 valence electrons. The number of aliphatic hydroxyl groups excluding tert-OH is 2. The van der Waals surface area contributed by atoms with Gasteiger partial charge in [-0.2, -0.15) is 0 Å². The number of esters is 2. The molecule has 0 radical (unpaired) electrons. The van der Waals surface area contributed by atoms with Crippen LogP contribution in [0.3, 0.4) is 0 Å². The van der Waals surface area contributed by atoms with Gasteiger partial charge in [0, 0.05) is 5.41 Å². The fourth-order valence-electron chi connectivity index (χ4n) is 1.37. The number of aliphatic hydroxyl groups is 2. The molecular weight excluding hydrogens is 228 g/mol. The van der Waals surface area contributed by atoms with Gasteiger partial charge in [0.05, 0.1) is 39.3 Å². The average molecular weight is 248 g/mol. The molecule has 6 heteroatoms. The monoisotopic (exact) mass is 248 g/mol. The summed E-state index contributed by atoms with van der Waals surface area (Å²) in [7, 11) is 0. The van der Waals surface area contributed by atoms with E-state index in [1.54, 1.807) is 13.8 Å². The third-order valence-electron chi connectivity index (χ3n) is 2.32. The van der Waals surface area contributed by atoms with Gasteiger partial charge in [-0.05, 0) is 13.8 Å². The summed E-state index contributed by atoms with van der Waals surface area (Å²) in [6, 6.07) is 0. The second kappa shape index (κ2) is 8.03. The van der Waals surface area contributed by atoms with Crippen molar-refractivity contribution in [2.75, 3.05) is 26.4 Å². The first-order chi connectivity index (χ1) is 8.03. The van der Waals surface area contributed by atoms with Crippen LogP contribution in [0.5, 0.6) is 0 Å². The summed E-state index contributed by atoms with van der Waals surface area (Å²) in [5.41, 5.74) is -1.21. The van der Waals surface area contributed by atoms with E-state index in [1.165, 1.54) is 0 Å². The lowest BCUT2D eigenvalue weighted by molar-refractivity contribution is -0.153. The van der Waals surface area contributed by atoms with Crippen molar-refractivity contribution in [1.29, 1.82) is 0 Å². The molecule has 0 aliphatic rings. The SMILES string of the molecule is CCOC(=O)CC(CO)(CO)CC(=O)OCC. The van der Waals surface area contributed by atoms with Gasteiger partial charge in [0.15, 0.2) is 0 Å². The molecule has 2 N–H and O–H groups in total. The highest BCUT2D eigenvalue weighted by molar-refractivity contribution is 5.74. The van der Waals surface area contributed by atoms with Gasteiger partial charge in [0.25, 0.3) is 0 Å². The van der Waals surface area contributed by atoms with Gasteiger partial charge >= 0.3 is 11.9 Å². The van der Waals surface area contributed by atoms with Crippen LogP contribution in [0, 0.1) is 5.41 Å². The predicted molar refractivity (Wildman–Crippen MR) is 59.1 cm³/mol. The quantitative estimate of drug-likeness (QED) is 0.581. The maximum Gasteiger partial charge on any atom is 0.306 e. The van der Waals surface area contributed by atoms with Gasteiger partial charge in [0.1, 0.15) is 0 Å². The highest BCUT2D eigenvalue weighted by Gasteiger charge is 2.35. The molecule has 6 nitrogen and oxygen atoms in total. The molecule has 0 amide bonds. The van der Waals surface area contributed by atoms with E-state index in [-0.39, 0.29) is 26.1 Å². The lowest BCUT2D eigenvalue weighted by Crippen LogP contribution is -2.36. The molecule has 0 aromatic carbocycles. The second-order valence-electron chi connectivity index (χ2n) is 3.78. The second-order valence-corrected chi connectivity index (χ2v) is 3.78. The molecule has 0 saturated carbocycles. The average Bonchev–Trinajstić information content (AvgIpc) is 2.28. The Bertz CT molecular complexity index is 224. The van der Waals surface area contributed by atoms with Crippen molar-refractivity contribution < 1.29 is 29.3 Å². The Hall–Kier alpha value is -1.14. The van der Waals surface area contributed by atoms with Gasteiger partial charge in [-0.15, -0.1) is 0 Å². The highest BCUT2D eigenvalue weighted by Crippen LogP contribution is 2.26. The van der Waals surface area contributed by atoms with Crippen molar-refractivity contribution in [3.05, 3.63) is 0 Å². The maximum atomic E-state index is 11.3. The Morgan fingerprint density at radius 1 is 0.941 bits per heavy atom. The molecule has 0 aliphatic heterocycles. The summed E-state index contributed by atoms with van der Waals surface area (Å²) >= 11 is 0. The molecule has 0 aromatic heterocycles. The number of carbonyl (C=O) groups is 2. The van der Waals surface area contributed by atoms with Crippen molar-refractivity contribution in [1.82, 2.24) is 0 Å². The number of hydrogen-bond donors (Lipinski definition) is 2. The summed E-state index contributed by atoms with van der Waals surface area (Å²) in [6.07, 6.45) is -0.431. The van der Waals surface area contributed by atoms with Crippen LogP contribution >= 0.6 is 0 Å². The molecule has 0 heterocycles. The van der Waals surface area contributed by atoms with E-state index in [2.05, 4.69) is 0 Å². The van der Waals surface area contributed by atoms with Crippen LogP contribution in [-0.4, -0.2) is 48.6 Å². The lowest BCUT2D eigenvalue weighted by atomic mass is 9.83. The molecule has 0 rings (SSSR count). The predicted octanol–water partition coefficient (Wildman–Crippen LogP) is -0.136. The number of carbonyl (C=O) groups excluding carboxylic acids is 2. The van der Waals surface area contributed by atoms with Crippen LogP contribution in [0.25, 0.3) is 0 Å². The minimum Gasteiger partial charge on any atom is -0.466 e.